The van der Waals surface area contributed by atoms with E-state index in [-0.39, 0.29) is 5.00 Å². The first-order chi connectivity index (χ1) is 12.0. The predicted octanol–water partition coefficient (Wildman–Crippen LogP) is 3.93. The van der Waals surface area contributed by atoms with Gasteiger partial charge in [-0.15, -0.1) is 0 Å². The van der Waals surface area contributed by atoms with E-state index in [1.165, 1.54) is 36.1 Å². The van der Waals surface area contributed by atoms with Gasteiger partial charge in [-0.05, 0) is 74.5 Å². The van der Waals surface area contributed by atoms with Crippen molar-refractivity contribution in [2.75, 3.05) is 25.9 Å². The number of benzene rings is 1. The summed E-state index contributed by atoms with van der Waals surface area (Å²) in [6.07, 6.45) is 13.5. The number of alkyl halides is 1. The van der Waals surface area contributed by atoms with E-state index >= 15 is 0 Å². The quantitative estimate of drug-likeness (QED) is 0.376. The highest BCUT2D eigenvalue weighted by atomic mass is 35.5. The molecule has 0 radical (unpaired) electrons. The van der Waals surface area contributed by atoms with Gasteiger partial charge in [0, 0.05) is 30.9 Å². The number of likely N-dealkylation sites (N-methyl/N-ethyl adjacent to an activating group) is 1. The average Bonchev–Trinajstić information content (AvgIpc) is 2.95. The first-order valence-electron chi connectivity index (χ1n) is 9.47. The first-order valence-corrected chi connectivity index (χ1v) is 9.84. The summed E-state index contributed by atoms with van der Waals surface area (Å²) in [5.41, 5.74) is 11.0. The normalized spacial score (nSPS) is 30.1. The molecular formula is C21H28ClN3. The third-order valence-electron chi connectivity index (χ3n) is 6.03. The summed E-state index contributed by atoms with van der Waals surface area (Å²) in [4.78, 5) is 4.50. The summed E-state index contributed by atoms with van der Waals surface area (Å²) in [6, 6.07) is 6.84. The smallest absolute Gasteiger partial charge is 0.119 e. The van der Waals surface area contributed by atoms with Crippen LogP contribution >= 0.6 is 11.6 Å². The standard InChI is InChI=1S/C21H28ClN3/c1-24-11-4-7-20(24)18-6-3-12-25(15-18)21(22)10-2-5-16-13-19(23)9-8-17(16)14-21/h3,6,8-9,13,15,20H,2,4-5,7,10-12,14,23H2,1H3/t20-,21?/m0/s1. The Morgan fingerprint density at radius 1 is 1.24 bits per heavy atom. The summed E-state index contributed by atoms with van der Waals surface area (Å²) in [5, 5.41) is 0. The van der Waals surface area contributed by atoms with Crippen molar-refractivity contribution < 1.29 is 0 Å². The molecule has 2 heterocycles. The highest BCUT2D eigenvalue weighted by Gasteiger charge is 2.36. The van der Waals surface area contributed by atoms with Gasteiger partial charge in [0.1, 0.15) is 5.00 Å². The summed E-state index contributed by atoms with van der Waals surface area (Å²) in [7, 11) is 2.23. The van der Waals surface area contributed by atoms with Crippen LogP contribution in [0.5, 0.6) is 0 Å². The second-order valence-corrected chi connectivity index (χ2v) is 8.50. The predicted molar refractivity (Wildman–Crippen MR) is 106 cm³/mol. The summed E-state index contributed by atoms with van der Waals surface area (Å²) >= 11 is 7.24. The van der Waals surface area contributed by atoms with Gasteiger partial charge in [-0.25, -0.2) is 0 Å². The van der Waals surface area contributed by atoms with E-state index in [9.17, 15) is 0 Å². The maximum Gasteiger partial charge on any atom is 0.119 e. The van der Waals surface area contributed by atoms with E-state index in [1.54, 1.807) is 0 Å². The molecule has 0 bridgehead atoms. The van der Waals surface area contributed by atoms with Crippen LogP contribution in [0.3, 0.4) is 0 Å². The van der Waals surface area contributed by atoms with Gasteiger partial charge in [-0.1, -0.05) is 29.8 Å². The number of nitrogens with zero attached hydrogens (tertiary/aromatic N) is 2. The molecule has 1 aromatic rings. The molecule has 134 valence electrons. The largest absolute Gasteiger partial charge is 0.399 e. The van der Waals surface area contributed by atoms with Crippen molar-refractivity contribution in [1.82, 2.24) is 9.80 Å². The van der Waals surface area contributed by atoms with Crippen LogP contribution in [0.1, 0.15) is 36.8 Å². The molecule has 0 amide bonds. The second kappa shape index (κ2) is 6.69. The van der Waals surface area contributed by atoms with Gasteiger partial charge in [-0.2, -0.15) is 0 Å². The van der Waals surface area contributed by atoms with Gasteiger partial charge in [0.15, 0.2) is 0 Å². The number of nitrogen functional groups attached to an aromatic ring is 1. The minimum absolute atomic E-state index is 0.339. The molecule has 2 N–H and O–H groups in total. The first kappa shape index (κ1) is 17.0. The molecule has 4 rings (SSSR count). The Hall–Kier alpha value is -1.45. The third kappa shape index (κ3) is 3.32. The van der Waals surface area contributed by atoms with Crippen molar-refractivity contribution in [2.45, 2.75) is 49.6 Å². The average molecular weight is 358 g/mol. The lowest BCUT2D eigenvalue weighted by Crippen LogP contribution is -2.44. The number of rotatable bonds is 2. The summed E-state index contributed by atoms with van der Waals surface area (Å²) < 4.78 is 0. The highest BCUT2D eigenvalue weighted by Crippen LogP contribution is 2.38. The zero-order valence-electron chi connectivity index (χ0n) is 15.0. The molecular weight excluding hydrogens is 330 g/mol. The Kier molecular flexibility index (Phi) is 4.55. The molecule has 1 fully saturated rings. The van der Waals surface area contributed by atoms with Crippen LogP contribution in [0, 0.1) is 0 Å². The van der Waals surface area contributed by atoms with Crippen LogP contribution in [0.15, 0.2) is 42.1 Å². The van der Waals surface area contributed by atoms with Gasteiger partial charge in [-0.3, -0.25) is 4.90 Å². The van der Waals surface area contributed by atoms with Gasteiger partial charge in [0.05, 0.1) is 0 Å². The monoisotopic (exact) mass is 357 g/mol. The van der Waals surface area contributed by atoms with E-state index < -0.39 is 0 Å². The molecule has 25 heavy (non-hydrogen) atoms. The lowest BCUT2D eigenvalue weighted by Gasteiger charge is -2.40. The Morgan fingerprint density at radius 2 is 2.12 bits per heavy atom. The van der Waals surface area contributed by atoms with Crippen molar-refractivity contribution in [3.63, 3.8) is 0 Å². The molecule has 0 aromatic heterocycles. The topological polar surface area (TPSA) is 32.5 Å². The van der Waals surface area contributed by atoms with Crippen LogP contribution in [-0.2, 0) is 12.8 Å². The number of halogens is 1. The third-order valence-corrected chi connectivity index (χ3v) is 6.57. The van der Waals surface area contributed by atoms with Crippen LogP contribution < -0.4 is 5.73 Å². The fraction of sp³-hybridized carbons (Fsp3) is 0.524. The van der Waals surface area contributed by atoms with Crippen molar-refractivity contribution in [1.29, 1.82) is 0 Å². The number of anilines is 1. The Balaban J connectivity index is 1.60. The number of hydrogen-bond acceptors (Lipinski definition) is 3. The number of likely N-dealkylation sites (tertiary alicyclic amines) is 1. The maximum atomic E-state index is 7.24. The fourth-order valence-electron chi connectivity index (χ4n) is 4.61. The van der Waals surface area contributed by atoms with Crippen LogP contribution in [0.2, 0.25) is 0 Å². The molecule has 1 saturated heterocycles. The molecule has 3 nitrogen and oxygen atoms in total. The Bertz CT molecular complexity index is 711. The van der Waals surface area contributed by atoms with Crippen molar-refractivity contribution in [2.24, 2.45) is 0 Å². The maximum absolute atomic E-state index is 7.24. The lowest BCUT2D eigenvalue weighted by molar-refractivity contribution is 0.230. The zero-order chi connectivity index (χ0) is 17.4. The van der Waals surface area contributed by atoms with E-state index in [4.69, 9.17) is 17.3 Å². The van der Waals surface area contributed by atoms with Crippen LogP contribution in [0.4, 0.5) is 5.69 Å². The molecule has 0 spiro atoms. The highest BCUT2D eigenvalue weighted by molar-refractivity contribution is 6.23. The molecule has 2 aliphatic heterocycles. The van der Waals surface area contributed by atoms with E-state index in [1.807, 2.05) is 6.07 Å². The summed E-state index contributed by atoms with van der Waals surface area (Å²) in [6.45, 7) is 2.09. The molecule has 1 unspecified atom stereocenters. The molecule has 0 saturated carbocycles. The Labute approximate surface area is 156 Å². The van der Waals surface area contributed by atoms with Gasteiger partial charge in [0.2, 0.25) is 0 Å². The molecule has 1 aliphatic carbocycles. The van der Waals surface area contributed by atoms with E-state index in [0.717, 1.165) is 37.9 Å². The zero-order valence-corrected chi connectivity index (χ0v) is 15.8. The second-order valence-electron chi connectivity index (χ2n) is 7.80. The molecule has 3 aliphatic rings. The summed E-state index contributed by atoms with van der Waals surface area (Å²) in [5.74, 6) is 0. The fourth-order valence-corrected chi connectivity index (χ4v) is 5.01. The van der Waals surface area contributed by atoms with Gasteiger partial charge < -0.3 is 10.6 Å². The van der Waals surface area contributed by atoms with E-state index in [0.29, 0.717) is 6.04 Å². The molecule has 2 atom stereocenters. The SMILES string of the molecule is CN1CCC[C@H]1C1=CN(C2(Cl)CCCc3cc(N)ccc3C2)CC=C1. The van der Waals surface area contributed by atoms with Crippen LogP contribution in [-0.4, -0.2) is 41.0 Å². The van der Waals surface area contributed by atoms with Crippen molar-refractivity contribution in [3.8, 4) is 0 Å². The lowest BCUT2D eigenvalue weighted by atomic mass is 9.98. The van der Waals surface area contributed by atoms with Crippen molar-refractivity contribution in [3.05, 3.63) is 53.3 Å². The van der Waals surface area contributed by atoms with Gasteiger partial charge >= 0.3 is 0 Å². The molecule has 1 aromatic carbocycles. The van der Waals surface area contributed by atoms with Gasteiger partial charge in [0.25, 0.3) is 0 Å². The number of hydrogen-bond donors (Lipinski definition) is 1. The van der Waals surface area contributed by atoms with Crippen LogP contribution in [0.25, 0.3) is 0 Å². The minimum Gasteiger partial charge on any atom is -0.399 e. The number of nitrogens with two attached hydrogens (primary N) is 1. The minimum atomic E-state index is -0.339. The number of aryl methyl sites for hydroxylation is 1. The molecule has 4 heteroatoms. The Morgan fingerprint density at radius 3 is 2.92 bits per heavy atom. The van der Waals surface area contributed by atoms with E-state index in [2.05, 4.69) is 47.3 Å². The van der Waals surface area contributed by atoms with Crippen molar-refractivity contribution >= 4 is 17.3 Å². The number of fused-ring (bicyclic) bond motifs is 1.